The third kappa shape index (κ3) is 4.31. The molecular weight excluding hydrogens is 390 g/mol. The van der Waals surface area contributed by atoms with Crippen LogP contribution < -0.4 is 4.90 Å². The second-order valence-corrected chi connectivity index (χ2v) is 10.1. The second kappa shape index (κ2) is 8.04. The zero-order chi connectivity index (χ0) is 21.4. The van der Waals surface area contributed by atoms with Crippen molar-refractivity contribution in [3.63, 3.8) is 0 Å². The lowest BCUT2D eigenvalue weighted by Gasteiger charge is -2.40. The predicted molar refractivity (Wildman–Crippen MR) is 112 cm³/mol. The van der Waals surface area contributed by atoms with Gasteiger partial charge in [0.2, 0.25) is 10.0 Å². The van der Waals surface area contributed by atoms with Crippen LogP contribution in [-0.4, -0.2) is 59.3 Å². The Kier molecular flexibility index (Phi) is 6.03. The molecule has 0 radical (unpaired) electrons. The molecule has 1 aliphatic heterocycles. The molecule has 0 bridgehead atoms. The summed E-state index contributed by atoms with van der Waals surface area (Å²) in [6, 6.07) is 3.17. The summed E-state index contributed by atoms with van der Waals surface area (Å²) in [6.45, 7) is 11.4. The lowest BCUT2D eigenvalue weighted by molar-refractivity contribution is -0.0468. The molecule has 0 saturated carbocycles. The fourth-order valence-corrected chi connectivity index (χ4v) is 5.70. The molecule has 160 valence electrons. The summed E-state index contributed by atoms with van der Waals surface area (Å²) in [4.78, 5) is 6.81. The normalized spacial score (nSPS) is 20.8. The number of nitrogens with zero attached hydrogens (tertiary/aromatic N) is 5. The van der Waals surface area contributed by atoms with Gasteiger partial charge in [0.15, 0.2) is 0 Å². The molecule has 1 saturated heterocycles. The molecule has 0 aromatic carbocycles. The zero-order valence-electron chi connectivity index (χ0n) is 18.0. The van der Waals surface area contributed by atoms with Crippen LogP contribution in [-0.2, 0) is 27.4 Å². The Morgan fingerprint density at radius 3 is 2.38 bits per heavy atom. The van der Waals surface area contributed by atoms with Gasteiger partial charge in [0.1, 0.15) is 16.3 Å². The molecule has 0 amide bonds. The molecule has 0 N–H and O–H groups in total. The lowest BCUT2D eigenvalue weighted by atomic mass is 9.97. The van der Waals surface area contributed by atoms with E-state index in [1.54, 1.807) is 16.8 Å². The molecule has 3 heterocycles. The van der Waals surface area contributed by atoms with Gasteiger partial charge in [0.05, 0.1) is 19.3 Å². The maximum atomic E-state index is 13.0. The van der Waals surface area contributed by atoms with Crippen LogP contribution in [0.25, 0.3) is 0 Å². The standard InChI is InChI=1S/C20H31N5O3S/c1-15(2)25(16(3)4)29(26,27)18-7-8-19(21-12-18)24-9-10-28-20(5,14-24)17-11-22-23(6)13-17/h7-8,11-13,15-16H,9-10,14H2,1-6H3. The van der Waals surface area contributed by atoms with Crippen molar-refractivity contribution in [1.82, 2.24) is 19.1 Å². The molecule has 2 aromatic heterocycles. The second-order valence-electron chi connectivity index (χ2n) is 8.28. The summed E-state index contributed by atoms with van der Waals surface area (Å²) in [5, 5.41) is 4.25. The van der Waals surface area contributed by atoms with Gasteiger partial charge in [-0.05, 0) is 46.8 Å². The number of sulfonamides is 1. The summed E-state index contributed by atoms with van der Waals surface area (Å²) < 4.78 is 35.4. The number of anilines is 1. The van der Waals surface area contributed by atoms with Crippen LogP contribution >= 0.6 is 0 Å². The number of hydrogen-bond acceptors (Lipinski definition) is 6. The van der Waals surface area contributed by atoms with E-state index in [1.807, 2.05) is 54.1 Å². The molecule has 9 heteroatoms. The minimum Gasteiger partial charge on any atom is -0.367 e. The van der Waals surface area contributed by atoms with Crippen molar-refractivity contribution in [2.45, 2.75) is 57.2 Å². The van der Waals surface area contributed by atoms with Crippen LogP contribution in [0.15, 0.2) is 35.6 Å². The van der Waals surface area contributed by atoms with Crippen molar-refractivity contribution in [1.29, 1.82) is 0 Å². The predicted octanol–water partition coefficient (Wildman–Crippen LogP) is 2.37. The Labute approximate surface area is 173 Å². The van der Waals surface area contributed by atoms with Crippen LogP contribution in [0.5, 0.6) is 0 Å². The quantitative estimate of drug-likeness (QED) is 0.712. The number of ether oxygens (including phenoxy) is 1. The van der Waals surface area contributed by atoms with Gasteiger partial charge >= 0.3 is 0 Å². The van der Waals surface area contributed by atoms with E-state index < -0.39 is 15.6 Å². The maximum absolute atomic E-state index is 13.0. The van der Waals surface area contributed by atoms with Gasteiger partial charge in [-0.15, -0.1) is 0 Å². The summed E-state index contributed by atoms with van der Waals surface area (Å²) in [7, 11) is -1.71. The number of pyridine rings is 1. The van der Waals surface area contributed by atoms with E-state index in [1.165, 1.54) is 10.5 Å². The molecule has 1 aliphatic rings. The lowest BCUT2D eigenvalue weighted by Crippen LogP contribution is -2.48. The summed E-state index contributed by atoms with van der Waals surface area (Å²) in [6.07, 6.45) is 5.23. The first-order valence-corrected chi connectivity index (χ1v) is 11.4. The Hall–Kier alpha value is -1.97. The molecule has 1 fully saturated rings. The Morgan fingerprint density at radius 2 is 1.86 bits per heavy atom. The molecule has 2 aromatic rings. The maximum Gasteiger partial charge on any atom is 0.245 e. The molecule has 3 rings (SSSR count). The minimum atomic E-state index is -3.59. The average Bonchev–Trinajstić information content (AvgIpc) is 3.08. The third-order valence-corrected chi connectivity index (χ3v) is 7.46. The van der Waals surface area contributed by atoms with Crippen molar-refractivity contribution in [2.75, 3.05) is 24.6 Å². The summed E-state index contributed by atoms with van der Waals surface area (Å²) in [5.41, 5.74) is 0.513. The highest BCUT2D eigenvalue weighted by Crippen LogP contribution is 2.31. The highest BCUT2D eigenvalue weighted by Gasteiger charge is 2.36. The molecular formula is C20H31N5O3S. The fraction of sp³-hybridized carbons (Fsp3) is 0.600. The van der Waals surface area contributed by atoms with E-state index in [0.29, 0.717) is 19.7 Å². The molecule has 0 spiro atoms. The van der Waals surface area contributed by atoms with Crippen LogP contribution in [0.3, 0.4) is 0 Å². The van der Waals surface area contributed by atoms with E-state index in [0.717, 1.165) is 11.4 Å². The van der Waals surface area contributed by atoms with Gasteiger partial charge in [-0.1, -0.05) is 0 Å². The molecule has 1 unspecified atom stereocenters. The van der Waals surface area contributed by atoms with Gasteiger partial charge in [-0.2, -0.15) is 9.40 Å². The third-order valence-electron chi connectivity index (χ3n) is 5.23. The van der Waals surface area contributed by atoms with E-state index in [-0.39, 0.29) is 17.0 Å². The van der Waals surface area contributed by atoms with Gasteiger partial charge in [0, 0.05) is 43.6 Å². The van der Waals surface area contributed by atoms with Crippen molar-refractivity contribution in [2.24, 2.45) is 7.05 Å². The van der Waals surface area contributed by atoms with Crippen LogP contribution in [0.4, 0.5) is 5.82 Å². The van der Waals surface area contributed by atoms with E-state index >= 15 is 0 Å². The molecule has 29 heavy (non-hydrogen) atoms. The number of aryl methyl sites for hydroxylation is 1. The first-order chi connectivity index (χ1) is 13.5. The van der Waals surface area contributed by atoms with Crippen molar-refractivity contribution in [3.8, 4) is 0 Å². The number of aromatic nitrogens is 3. The van der Waals surface area contributed by atoms with E-state index in [4.69, 9.17) is 4.74 Å². The molecule has 8 nitrogen and oxygen atoms in total. The van der Waals surface area contributed by atoms with Crippen molar-refractivity contribution < 1.29 is 13.2 Å². The minimum absolute atomic E-state index is 0.126. The zero-order valence-corrected chi connectivity index (χ0v) is 18.8. The first-order valence-electron chi connectivity index (χ1n) is 9.92. The van der Waals surface area contributed by atoms with Crippen LogP contribution in [0.1, 0.15) is 40.2 Å². The number of rotatable bonds is 6. The fourth-order valence-electron chi connectivity index (χ4n) is 3.92. The Bertz CT molecular complexity index is 931. The van der Waals surface area contributed by atoms with Gasteiger partial charge in [0.25, 0.3) is 0 Å². The number of hydrogen-bond donors (Lipinski definition) is 0. The Morgan fingerprint density at radius 1 is 1.17 bits per heavy atom. The topological polar surface area (TPSA) is 80.6 Å². The van der Waals surface area contributed by atoms with Crippen LogP contribution in [0, 0.1) is 0 Å². The summed E-state index contributed by atoms with van der Waals surface area (Å²) >= 11 is 0. The average molecular weight is 422 g/mol. The molecule has 1 atom stereocenters. The smallest absolute Gasteiger partial charge is 0.245 e. The van der Waals surface area contributed by atoms with Crippen LogP contribution in [0.2, 0.25) is 0 Å². The molecule has 0 aliphatic carbocycles. The van der Waals surface area contributed by atoms with Gasteiger partial charge < -0.3 is 9.64 Å². The van der Waals surface area contributed by atoms with E-state index in [9.17, 15) is 8.42 Å². The first kappa shape index (κ1) is 21.7. The summed E-state index contributed by atoms with van der Waals surface area (Å²) in [5.74, 6) is 0.739. The monoisotopic (exact) mass is 421 g/mol. The highest BCUT2D eigenvalue weighted by molar-refractivity contribution is 7.89. The van der Waals surface area contributed by atoms with Gasteiger partial charge in [-0.3, -0.25) is 4.68 Å². The van der Waals surface area contributed by atoms with Crippen molar-refractivity contribution >= 4 is 15.8 Å². The van der Waals surface area contributed by atoms with E-state index in [2.05, 4.69) is 15.0 Å². The largest absolute Gasteiger partial charge is 0.367 e. The SMILES string of the molecule is CC(C)N(C(C)C)S(=O)(=O)c1ccc(N2CCOC(C)(c3cnn(C)c3)C2)nc1. The van der Waals surface area contributed by atoms with Gasteiger partial charge in [-0.25, -0.2) is 13.4 Å². The Balaban J connectivity index is 1.83. The van der Waals surface area contributed by atoms with Crippen molar-refractivity contribution in [3.05, 3.63) is 36.3 Å². The number of morpholine rings is 1. The highest BCUT2D eigenvalue weighted by atomic mass is 32.2.